The molecule has 0 heterocycles. The lowest BCUT2D eigenvalue weighted by Gasteiger charge is -2.31. The first-order valence-corrected chi connectivity index (χ1v) is 12.0. The molecule has 0 N–H and O–H groups in total. The van der Waals surface area contributed by atoms with E-state index in [4.69, 9.17) is 9.47 Å². The lowest BCUT2D eigenvalue weighted by Crippen LogP contribution is -3.00. The largest absolute Gasteiger partial charge is 1.00 e. The Morgan fingerprint density at radius 1 is 0.618 bits per heavy atom. The molecule has 0 aromatic heterocycles. The molecule has 34 heavy (non-hydrogen) atoms. The third-order valence-electron chi connectivity index (χ3n) is 7.61. The summed E-state index contributed by atoms with van der Waals surface area (Å²) in [4.78, 5) is 13.1. The van der Waals surface area contributed by atoms with Crippen molar-refractivity contribution in [2.45, 2.75) is 27.7 Å². The maximum absolute atomic E-state index is 13.1. The van der Waals surface area contributed by atoms with E-state index in [1.807, 2.05) is 36.4 Å². The molecule has 0 aliphatic heterocycles. The molecule has 1 aliphatic rings. The number of likely N-dealkylation sites (N-methyl/N-ethyl adjacent to an activating group) is 2. The first kappa shape index (κ1) is 31.1. The van der Waals surface area contributed by atoms with Gasteiger partial charge in [-0.1, -0.05) is 0 Å². The smallest absolute Gasteiger partial charge is 0.194 e. The molecular formula is C27H40I2N2O3. The molecule has 0 radical (unpaired) electrons. The van der Waals surface area contributed by atoms with Crippen LogP contribution in [0.2, 0.25) is 0 Å². The minimum atomic E-state index is 0. The van der Waals surface area contributed by atoms with Gasteiger partial charge in [0.05, 0.1) is 40.3 Å². The van der Waals surface area contributed by atoms with Crippen molar-refractivity contribution in [3.05, 3.63) is 47.5 Å². The van der Waals surface area contributed by atoms with Crippen LogP contribution >= 0.6 is 0 Å². The van der Waals surface area contributed by atoms with Gasteiger partial charge in [0.15, 0.2) is 5.78 Å². The third-order valence-corrected chi connectivity index (χ3v) is 7.61. The second-order valence-electron chi connectivity index (χ2n) is 9.39. The lowest BCUT2D eigenvalue weighted by atomic mass is 10.1. The lowest BCUT2D eigenvalue weighted by molar-refractivity contribution is -0.906. The molecule has 2 aromatic carbocycles. The van der Waals surface area contributed by atoms with Crippen molar-refractivity contribution in [2.24, 2.45) is 0 Å². The number of nitrogens with zero attached hydrogens (tertiary/aromatic N) is 2. The Kier molecular flexibility index (Phi) is 12.3. The number of carbonyl (C=O) groups is 1. The van der Waals surface area contributed by atoms with Gasteiger partial charge >= 0.3 is 0 Å². The van der Waals surface area contributed by atoms with Gasteiger partial charge in [0.2, 0.25) is 0 Å². The zero-order chi connectivity index (χ0) is 23.4. The Balaban J connectivity index is 0.00000289. The van der Waals surface area contributed by atoms with Gasteiger partial charge in [0.1, 0.15) is 37.8 Å². The van der Waals surface area contributed by atoms with Crippen LogP contribution in [-0.2, 0) is 0 Å². The van der Waals surface area contributed by atoms with E-state index in [2.05, 4.69) is 41.8 Å². The highest BCUT2D eigenvalue weighted by atomic mass is 127. The molecule has 0 unspecified atom stereocenters. The van der Waals surface area contributed by atoms with Crippen LogP contribution in [0.15, 0.2) is 36.4 Å². The molecular weight excluding hydrogens is 654 g/mol. The van der Waals surface area contributed by atoms with Crippen molar-refractivity contribution in [2.75, 3.05) is 66.6 Å². The van der Waals surface area contributed by atoms with Crippen molar-refractivity contribution in [3.63, 3.8) is 0 Å². The third kappa shape index (κ3) is 7.07. The highest BCUT2D eigenvalue weighted by molar-refractivity contribution is 6.22. The second-order valence-corrected chi connectivity index (χ2v) is 9.39. The van der Waals surface area contributed by atoms with Gasteiger partial charge in [-0.25, -0.2) is 0 Å². The Bertz CT molecular complexity index is 881. The molecule has 0 atom stereocenters. The molecule has 5 nitrogen and oxygen atoms in total. The summed E-state index contributed by atoms with van der Waals surface area (Å²) < 4.78 is 14.0. The first-order chi connectivity index (χ1) is 15.3. The van der Waals surface area contributed by atoms with Crippen molar-refractivity contribution < 1.29 is 71.2 Å². The van der Waals surface area contributed by atoms with Crippen molar-refractivity contribution in [3.8, 4) is 22.6 Å². The summed E-state index contributed by atoms with van der Waals surface area (Å²) in [5, 5.41) is 0. The van der Waals surface area contributed by atoms with E-state index in [0.717, 1.165) is 82.0 Å². The summed E-state index contributed by atoms with van der Waals surface area (Å²) >= 11 is 0. The topological polar surface area (TPSA) is 35.5 Å². The maximum atomic E-state index is 13.1. The highest BCUT2D eigenvalue weighted by Gasteiger charge is 2.28. The van der Waals surface area contributed by atoms with Crippen molar-refractivity contribution in [1.29, 1.82) is 0 Å². The molecule has 1 aliphatic carbocycles. The number of carbonyl (C=O) groups excluding carboxylic acids is 1. The van der Waals surface area contributed by atoms with Gasteiger partial charge in [-0.3, -0.25) is 4.79 Å². The Labute approximate surface area is 240 Å². The number of halogens is 2. The number of ether oxygens (including phenoxy) is 2. The predicted octanol–water partition coefficient (Wildman–Crippen LogP) is -1.36. The number of ketones is 1. The number of quaternary nitrogens is 2. The minimum absolute atomic E-state index is 0. The fraction of sp³-hybridized carbons (Fsp3) is 0.519. The summed E-state index contributed by atoms with van der Waals surface area (Å²) in [6.45, 7) is 16.3. The summed E-state index contributed by atoms with van der Waals surface area (Å²) in [6.07, 6.45) is 0. The van der Waals surface area contributed by atoms with Gasteiger partial charge in [0, 0.05) is 11.1 Å². The zero-order valence-electron chi connectivity index (χ0n) is 21.5. The first-order valence-electron chi connectivity index (χ1n) is 12.0. The molecule has 0 saturated heterocycles. The SMILES string of the molecule is CC[N+](C)(CC)CCOc1ccc2c(c1)C(=O)c1cc(OCC[N+](C)(CC)CC)ccc1-2.[I-].[I-]. The number of rotatable bonds is 12. The van der Waals surface area contributed by atoms with Crippen LogP contribution in [0.4, 0.5) is 0 Å². The number of fused-ring (bicyclic) bond motifs is 3. The van der Waals surface area contributed by atoms with E-state index < -0.39 is 0 Å². The molecule has 2 aromatic rings. The van der Waals surface area contributed by atoms with Crippen LogP contribution in [0.3, 0.4) is 0 Å². The second kappa shape index (κ2) is 13.4. The van der Waals surface area contributed by atoms with E-state index in [1.165, 1.54) is 0 Å². The summed E-state index contributed by atoms with van der Waals surface area (Å²) in [7, 11) is 4.49. The van der Waals surface area contributed by atoms with Crippen LogP contribution < -0.4 is 57.4 Å². The van der Waals surface area contributed by atoms with Gasteiger partial charge < -0.3 is 66.4 Å². The van der Waals surface area contributed by atoms with E-state index >= 15 is 0 Å². The van der Waals surface area contributed by atoms with E-state index in [-0.39, 0.29) is 53.7 Å². The van der Waals surface area contributed by atoms with Crippen LogP contribution in [0.1, 0.15) is 43.6 Å². The maximum Gasteiger partial charge on any atom is 0.194 e. The number of hydrogen-bond acceptors (Lipinski definition) is 3. The zero-order valence-corrected chi connectivity index (χ0v) is 25.8. The van der Waals surface area contributed by atoms with Crippen LogP contribution in [0.5, 0.6) is 11.5 Å². The molecule has 0 spiro atoms. The van der Waals surface area contributed by atoms with E-state index in [9.17, 15) is 4.79 Å². The van der Waals surface area contributed by atoms with Gasteiger partial charge in [-0.15, -0.1) is 0 Å². The molecule has 0 bridgehead atoms. The molecule has 7 heteroatoms. The van der Waals surface area contributed by atoms with Crippen LogP contribution in [0.25, 0.3) is 11.1 Å². The van der Waals surface area contributed by atoms with Gasteiger partial charge in [-0.2, -0.15) is 0 Å². The van der Waals surface area contributed by atoms with Gasteiger partial charge in [-0.05, 0) is 75.2 Å². The average Bonchev–Trinajstić information content (AvgIpc) is 3.09. The summed E-state index contributed by atoms with van der Waals surface area (Å²) in [5.74, 6) is 1.57. The molecule has 190 valence electrons. The fourth-order valence-electron chi connectivity index (χ4n) is 4.06. The predicted molar refractivity (Wildman–Crippen MR) is 131 cm³/mol. The number of benzene rings is 2. The molecule has 0 saturated carbocycles. The Morgan fingerprint density at radius 3 is 1.29 bits per heavy atom. The average molecular weight is 694 g/mol. The van der Waals surface area contributed by atoms with Crippen LogP contribution in [-0.4, -0.2) is 81.3 Å². The quantitative estimate of drug-likeness (QED) is 0.174. The molecule has 0 amide bonds. The highest BCUT2D eigenvalue weighted by Crippen LogP contribution is 2.39. The minimum Gasteiger partial charge on any atom is -1.00 e. The van der Waals surface area contributed by atoms with Crippen molar-refractivity contribution in [1.82, 2.24) is 0 Å². The monoisotopic (exact) mass is 694 g/mol. The molecule has 0 fully saturated rings. The Morgan fingerprint density at radius 2 is 0.971 bits per heavy atom. The van der Waals surface area contributed by atoms with E-state index in [1.54, 1.807) is 0 Å². The van der Waals surface area contributed by atoms with Crippen LogP contribution in [0, 0.1) is 0 Å². The molecule has 3 rings (SSSR count). The van der Waals surface area contributed by atoms with Gasteiger partial charge in [0.25, 0.3) is 0 Å². The summed E-state index contributed by atoms with van der Waals surface area (Å²) in [5.41, 5.74) is 3.40. The standard InChI is InChI=1S/C27H40N2O3.2HI/c1-7-28(5,8-2)15-17-31-21-11-13-23-24-14-12-22(20-26(24)27(30)25(23)19-21)32-18-16-29(6,9-3)10-4;;/h11-14,19-20H,7-10,15-18H2,1-6H3;2*1H/q+2;;/p-2. The number of hydrogen-bond donors (Lipinski definition) is 0. The Hall–Kier alpha value is -0.910. The fourth-order valence-corrected chi connectivity index (χ4v) is 4.06. The normalized spacial score (nSPS) is 12.4. The summed E-state index contributed by atoms with van der Waals surface area (Å²) in [6, 6.07) is 11.8. The van der Waals surface area contributed by atoms with E-state index in [0.29, 0.717) is 13.2 Å². The van der Waals surface area contributed by atoms with Crippen molar-refractivity contribution >= 4 is 5.78 Å².